The van der Waals surface area contributed by atoms with E-state index in [-0.39, 0.29) is 5.25 Å². The van der Waals surface area contributed by atoms with Gasteiger partial charge in [-0.25, -0.2) is 13.1 Å². The minimum atomic E-state index is -3.11. The summed E-state index contributed by atoms with van der Waals surface area (Å²) in [6.45, 7) is 4.80. The molecule has 0 unspecified atom stereocenters. The first kappa shape index (κ1) is 17.5. The number of benzene rings is 1. The Morgan fingerprint density at radius 1 is 1.05 bits per heavy atom. The molecule has 1 rings (SSSR count). The molecule has 0 radical (unpaired) electrons. The molecule has 6 heteroatoms. The summed E-state index contributed by atoms with van der Waals surface area (Å²) in [5.74, 6) is 0. The molecule has 0 aromatic heterocycles. The van der Waals surface area contributed by atoms with Crippen molar-refractivity contribution in [3.05, 3.63) is 28.7 Å². The summed E-state index contributed by atoms with van der Waals surface area (Å²) in [5.41, 5.74) is 1.11. The van der Waals surface area contributed by atoms with E-state index in [0.717, 1.165) is 36.0 Å². The van der Waals surface area contributed by atoms with Crippen molar-refractivity contribution in [1.82, 2.24) is 4.72 Å². The molecule has 20 heavy (non-hydrogen) atoms. The maximum absolute atomic E-state index is 11.5. The van der Waals surface area contributed by atoms with Crippen molar-refractivity contribution in [2.45, 2.75) is 38.4 Å². The van der Waals surface area contributed by atoms with Gasteiger partial charge in [0.2, 0.25) is 10.0 Å². The second kappa shape index (κ2) is 8.64. The predicted molar refractivity (Wildman–Crippen MR) is 88.5 cm³/mol. The smallest absolute Gasteiger partial charge is 0.213 e. The van der Waals surface area contributed by atoms with Gasteiger partial charge in [0.05, 0.1) is 5.25 Å². The first-order chi connectivity index (χ1) is 9.42. The Labute approximate surface area is 130 Å². The van der Waals surface area contributed by atoms with Crippen molar-refractivity contribution < 1.29 is 8.42 Å². The normalized spacial score (nSPS) is 11.8. The fourth-order valence-electron chi connectivity index (χ4n) is 1.61. The van der Waals surface area contributed by atoms with E-state index in [0.29, 0.717) is 6.54 Å². The highest BCUT2D eigenvalue weighted by Gasteiger charge is 2.13. The molecule has 0 aliphatic heterocycles. The molecule has 114 valence electrons. The largest absolute Gasteiger partial charge is 0.385 e. The minimum Gasteiger partial charge on any atom is -0.385 e. The summed E-state index contributed by atoms with van der Waals surface area (Å²) in [6.07, 6.45) is 2.90. The Hall–Kier alpha value is -0.590. The fourth-order valence-corrected chi connectivity index (χ4v) is 2.63. The Balaban J connectivity index is 2.07. The van der Waals surface area contributed by atoms with Gasteiger partial charge in [-0.1, -0.05) is 22.4 Å². The van der Waals surface area contributed by atoms with Crippen LogP contribution >= 0.6 is 15.9 Å². The fraction of sp³-hybridized carbons (Fsp3) is 0.571. The maximum atomic E-state index is 11.5. The number of sulfonamides is 1. The van der Waals surface area contributed by atoms with Gasteiger partial charge in [0.15, 0.2) is 0 Å². The van der Waals surface area contributed by atoms with Crippen LogP contribution in [0.3, 0.4) is 0 Å². The molecule has 0 spiro atoms. The van der Waals surface area contributed by atoms with Crippen LogP contribution in [0.2, 0.25) is 0 Å². The summed E-state index contributed by atoms with van der Waals surface area (Å²) >= 11 is 3.40. The molecule has 0 amide bonds. The van der Waals surface area contributed by atoms with Crippen molar-refractivity contribution in [1.29, 1.82) is 0 Å². The molecular weight excluding hydrogens is 340 g/mol. The van der Waals surface area contributed by atoms with E-state index in [4.69, 9.17) is 0 Å². The van der Waals surface area contributed by atoms with Crippen LogP contribution in [0.15, 0.2) is 28.7 Å². The predicted octanol–water partition coefficient (Wildman–Crippen LogP) is 3.36. The number of hydrogen-bond acceptors (Lipinski definition) is 3. The van der Waals surface area contributed by atoms with Gasteiger partial charge in [-0.15, -0.1) is 0 Å². The standard InChI is InChI=1S/C14H23BrN2O2S/c1-12(2)20(18,19)17-11-5-3-4-10-16-14-8-6-13(15)7-9-14/h6-9,12,16-17H,3-5,10-11H2,1-2H3. The molecule has 0 bridgehead atoms. The Morgan fingerprint density at radius 3 is 2.25 bits per heavy atom. The second-order valence-corrected chi connectivity index (χ2v) is 8.22. The minimum absolute atomic E-state index is 0.360. The molecule has 0 heterocycles. The third-order valence-electron chi connectivity index (χ3n) is 2.95. The molecule has 0 saturated carbocycles. The van der Waals surface area contributed by atoms with Crippen molar-refractivity contribution in [2.24, 2.45) is 0 Å². The van der Waals surface area contributed by atoms with Gasteiger partial charge in [0.1, 0.15) is 0 Å². The summed E-state index contributed by atoms with van der Waals surface area (Å²) in [7, 11) is -3.11. The van der Waals surface area contributed by atoms with Gasteiger partial charge in [-0.2, -0.15) is 0 Å². The first-order valence-corrected chi connectivity index (χ1v) is 9.23. The number of rotatable bonds is 9. The molecule has 0 aliphatic rings. The molecule has 1 aromatic carbocycles. The van der Waals surface area contributed by atoms with Gasteiger partial charge >= 0.3 is 0 Å². The monoisotopic (exact) mass is 362 g/mol. The average molecular weight is 363 g/mol. The zero-order valence-electron chi connectivity index (χ0n) is 12.0. The first-order valence-electron chi connectivity index (χ1n) is 6.90. The third-order valence-corrected chi connectivity index (χ3v) is 5.33. The van der Waals surface area contributed by atoms with E-state index in [1.54, 1.807) is 13.8 Å². The van der Waals surface area contributed by atoms with Gasteiger partial charge < -0.3 is 5.32 Å². The lowest BCUT2D eigenvalue weighted by Crippen LogP contribution is -2.31. The van der Waals surface area contributed by atoms with E-state index in [9.17, 15) is 8.42 Å². The number of anilines is 1. The third kappa shape index (κ3) is 6.72. The number of unbranched alkanes of at least 4 members (excludes halogenated alkanes) is 2. The number of nitrogens with one attached hydrogen (secondary N) is 2. The summed E-state index contributed by atoms with van der Waals surface area (Å²) in [5, 5.41) is 2.98. The van der Waals surface area contributed by atoms with E-state index in [1.807, 2.05) is 24.3 Å². The topological polar surface area (TPSA) is 58.2 Å². The molecular formula is C14H23BrN2O2S. The molecule has 4 nitrogen and oxygen atoms in total. The molecule has 0 aliphatic carbocycles. The van der Waals surface area contributed by atoms with Gasteiger partial charge in [0.25, 0.3) is 0 Å². The van der Waals surface area contributed by atoms with E-state index >= 15 is 0 Å². The second-order valence-electron chi connectivity index (χ2n) is 4.98. The number of hydrogen-bond donors (Lipinski definition) is 2. The summed E-state index contributed by atoms with van der Waals surface area (Å²) < 4.78 is 26.7. The van der Waals surface area contributed by atoms with Gasteiger partial charge in [0, 0.05) is 23.2 Å². The van der Waals surface area contributed by atoms with E-state index in [2.05, 4.69) is 26.0 Å². The van der Waals surface area contributed by atoms with Crippen molar-refractivity contribution in [2.75, 3.05) is 18.4 Å². The van der Waals surface area contributed by atoms with Crippen LogP contribution in [0.25, 0.3) is 0 Å². The molecule has 0 fully saturated rings. The van der Waals surface area contributed by atoms with Crippen LogP contribution in [-0.2, 0) is 10.0 Å². The van der Waals surface area contributed by atoms with Crippen molar-refractivity contribution in [3.8, 4) is 0 Å². The van der Waals surface area contributed by atoms with Crippen LogP contribution in [0.5, 0.6) is 0 Å². The molecule has 0 saturated heterocycles. The van der Waals surface area contributed by atoms with Crippen LogP contribution in [-0.4, -0.2) is 26.8 Å². The molecule has 1 aromatic rings. The highest BCUT2D eigenvalue weighted by molar-refractivity contribution is 9.10. The number of halogens is 1. The van der Waals surface area contributed by atoms with Crippen molar-refractivity contribution >= 4 is 31.6 Å². The highest BCUT2D eigenvalue weighted by atomic mass is 79.9. The van der Waals surface area contributed by atoms with Gasteiger partial charge in [-0.05, 0) is 51.0 Å². The zero-order chi connectivity index (χ0) is 15.0. The highest BCUT2D eigenvalue weighted by Crippen LogP contribution is 2.14. The van der Waals surface area contributed by atoms with Crippen LogP contribution in [0.1, 0.15) is 33.1 Å². The van der Waals surface area contributed by atoms with Crippen molar-refractivity contribution in [3.63, 3.8) is 0 Å². The lowest BCUT2D eigenvalue weighted by Gasteiger charge is -2.09. The van der Waals surface area contributed by atoms with Crippen LogP contribution in [0, 0.1) is 0 Å². The summed E-state index contributed by atoms with van der Waals surface area (Å²) in [4.78, 5) is 0. The van der Waals surface area contributed by atoms with E-state index in [1.165, 1.54) is 0 Å². The van der Waals surface area contributed by atoms with Gasteiger partial charge in [-0.3, -0.25) is 0 Å². The summed E-state index contributed by atoms with van der Waals surface area (Å²) in [6, 6.07) is 8.06. The lowest BCUT2D eigenvalue weighted by molar-refractivity contribution is 0.566. The Kier molecular flexibility index (Phi) is 7.55. The van der Waals surface area contributed by atoms with Crippen LogP contribution in [0.4, 0.5) is 5.69 Å². The molecule has 2 N–H and O–H groups in total. The Morgan fingerprint density at radius 2 is 1.65 bits per heavy atom. The molecule has 0 atom stereocenters. The zero-order valence-corrected chi connectivity index (χ0v) is 14.4. The van der Waals surface area contributed by atoms with Crippen LogP contribution < -0.4 is 10.0 Å². The lowest BCUT2D eigenvalue weighted by atomic mass is 10.2. The quantitative estimate of drug-likeness (QED) is 0.662. The SMILES string of the molecule is CC(C)S(=O)(=O)NCCCCCNc1ccc(Br)cc1. The average Bonchev–Trinajstić information content (AvgIpc) is 2.39. The van der Waals surface area contributed by atoms with E-state index < -0.39 is 10.0 Å². The Bertz CT molecular complexity index is 486. The maximum Gasteiger partial charge on any atom is 0.213 e.